The van der Waals surface area contributed by atoms with Gasteiger partial charge in [-0.15, -0.1) is 0 Å². The highest BCUT2D eigenvalue weighted by Gasteiger charge is 2.15. The first-order valence-electron chi connectivity index (χ1n) is 16.6. The second-order valence-corrected chi connectivity index (χ2v) is 12.5. The molecule has 0 nitrogen and oxygen atoms in total. The predicted octanol–water partition coefficient (Wildman–Crippen LogP) is 13.5. The zero-order valence-electron chi connectivity index (χ0n) is 26.5. The number of fused-ring (bicyclic) bond motifs is 4. The molecule has 0 unspecified atom stereocenters. The lowest BCUT2D eigenvalue weighted by molar-refractivity contribution is 1.60. The minimum Gasteiger partial charge on any atom is -0.0622 e. The molecular weight excluding hydrogens is 577 g/mol. The van der Waals surface area contributed by atoms with Crippen LogP contribution in [0.1, 0.15) is 0 Å². The van der Waals surface area contributed by atoms with Gasteiger partial charge >= 0.3 is 0 Å². The van der Waals surface area contributed by atoms with Crippen molar-refractivity contribution in [1.82, 2.24) is 0 Å². The molecule has 0 spiro atoms. The molecule has 9 rings (SSSR count). The third-order valence-corrected chi connectivity index (χ3v) is 9.64. The zero-order chi connectivity index (χ0) is 31.9. The van der Waals surface area contributed by atoms with Crippen molar-refractivity contribution in [2.24, 2.45) is 0 Å². The van der Waals surface area contributed by atoms with Gasteiger partial charge in [0.2, 0.25) is 0 Å². The van der Waals surface area contributed by atoms with Crippen LogP contribution in [0.3, 0.4) is 0 Å². The topological polar surface area (TPSA) is 0 Å². The summed E-state index contributed by atoms with van der Waals surface area (Å²) in [7, 11) is 0. The van der Waals surface area contributed by atoms with Crippen LogP contribution in [-0.2, 0) is 0 Å². The lowest BCUT2D eigenvalue weighted by Crippen LogP contribution is -1.90. The molecule has 0 saturated carbocycles. The van der Waals surface area contributed by atoms with Gasteiger partial charge < -0.3 is 0 Å². The van der Waals surface area contributed by atoms with E-state index in [9.17, 15) is 0 Å². The van der Waals surface area contributed by atoms with Gasteiger partial charge in [-0.2, -0.15) is 0 Å². The van der Waals surface area contributed by atoms with Crippen molar-refractivity contribution in [3.63, 3.8) is 0 Å². The van der Waals surface area contributed by atoms with Gasteiger partial charge in [0.15, 0.2) is 0 Å². The van der Waals surface area contributed by atoms with Crippen LogP contribution in [0.15, 0.2) is 194 Å². The van der Waals surface area contributed by atoms with E-state index in [4.69, 9.17) is 0 Å². The van der Waals surface area contributed by atoms with Crippen molar-refractivity contribution >= 4 is 32.3 Å². The van der Waals surface area contributed by atoms with Gasteiger partial charge in [0, 0.05) is 0 Å². The Balaban J connectivity index is 1.22. The van der Waals surface area contributed by atoms with Crippen molar-refractivity contribution in [1.29, 1.82) is 0 Å². The Labute approximate surface area is 281 Å². The Morgan fingerprint density at radius 1 is 0.188 bits per heavy atom. The van der Waals surface area contributed by atoms with Gasteiger partial charge in [-0.05, 0) is 118 Å². The van der Waals surface area contributed by atoms with Gasteiger partial charge in [-0.25, -0.2) is 0 Å². The fraction of sp³-hybridized carbons (Fsp3) is 0. The Morgan fingerprint density at radius 3 is 1.23 bits per heavy atom. The maximum atomic E-state index is 2.41. The molecule has 0 amide bonds. The summed E-state index contributed by atoms with van der Waals surface area (Å²) >= 11 is 0. The number of hydrogen-bond acceptors (Lipinski definition) is 0. The van der Waals surface area contributed by atoms with E-state index in [-0.39, 0.29) is 0 Å². The van der Waals surface area contributed by atoms with Crippen molar-refractivity contribution in [3.8, 4) is 55.6 Å². The molecule has 0 radical (unpaired) electrons. The normalized spacial score (nSPS) is 11.3. The fourth-order valence-electron chi connectivity index (χ4n) is 7.19. The summed E-state index contributed by atoms with van der Waals surface area (Å²) in [5.41, 5.74) is 12.3. The molecule has 0 N–H and O–H groups in total. The van der Waals surface area contributed by atoms with Crippen LogP contribution in [0.25, 0.3) is 88.0 Å². The van der Waals surface area contributed by atoms with Gasteiger partial charge in [-0.1, -0.05) is 164 Å². The number of rotatable bonds is 5. The summed E-state index contributed by atoms with van der Waals surface area (Å²) in [5.74, 6) is 0. The molecule has 224 valence electrons. The number of benzene rings is 9. The summed E-state index contributed by atoms with van der Waals surface area (Å²) in [4.78, 5) is 0. The molecule has 9 aromatic carbocycles. The molecule has 9 aromatic rings. The highest BCUT2D eigenvalue weighted by molar-refractivity contribution is 6.15. The Kier molecular flexibility index (Phi) is 6.91. The lowest BCUT2D eigenvalue weighted by Gasteiger charge is -2.16. The molecule has 48 heavy (non-hydrogen) atoms. The Bertz CT molecular complexity index is 2560. The minimum atomic E-state index is 1.22. The van der Waals surface area contributed by atoms with Crippen LogP contribution < -0.4 is 0 Å². The summed E-state index contributed by atoms with van der Waals surface area (Å²) in [6.07, 6.45) is 0. The molecule has 0 heteroatoms. The van der Waals surface area contributed by atoms with Crippen LogP contribution >= 0.6 is 0 Å². The first-order valence-corrected chi connectivity index (χ1v) is 16.6. The van der Waals surface area contributed by atoms with Gasteiger partial charge in [0.1, 0.15) is 0 Å². The van der Waals surface area contributed by atoms with Crippen molar-refractivity contribution < 1.29 is 0 Å². The number of hydrogen-bond donors (Lipinski definition) is 0. The standard InChI is InChI=1S/C48H32/c1-4-12-33(13-5-1)34-20-22-35(23-21-34)40-24-26-43-42(28-40)32-46(37-16-8-3-9-17-37)48-31-41(25-27-44(43)48)47-30-39-19-11-10-18-38(39)29-45(47)36-14-6-2-7-15-36/h1-32H. The maximum Gasteiger partial charge on any atom is -0.00928 e. The second kappa shape index (κ2) is 11.8. The van der Waals surface area contributed by atoms with Crippen molar-refractivity contribution in [3.05, 3.63) is 194 Å². The minimum absolute atomic E-state index is 1.22. The zero-order valence-corrected chi connectivity index (χ0v) is 26.5. The highest BCUT2D eigenvalue weighted by atomic mass is 14.2. The molecule has 0 atom stereocenters. The molecule has 0 aliphatic rings. The van der Waals surface area contributed by atoms with Crippen LogP contribution in [0.5, 0.6) is 0 Å². The largest absolute Gasteiger partial charge is 0.0622 e. The summed E-state index contributed by atoms with van der Waals surface area (Å²) in [5, 5.41) is 7.54. The quantitative estimate of drug-likeness (QED) is 0.171. The first-order chi connectivity index (χ1) is 23.8. The molecular formula is C48H32. The maximum absolute atomic E-state index is 2.41. The van der Waals surface area contributed by atoms with Crippen LogP contribution in [-0.4, -0.2) is 0 Å². The van der Waals surface area contributed by atoms with E-state index in [1.807, 2.05) is 0 Å². The summed E-state index contributed by atoms with van der Waals surface area (Å²) in [6.45, 7) is 0. The average molecular weight is 609 g/mol. The molecule has 0 aliphatic heterocycles. The van der Waals surface area contributed by atoms with Crippen molar-refractivity contribution in [2.75, 3.05) is 0 Å². The van der Waals surface area contributed by atoms with Crippen LogP contribution in [0.2, 0.25) is 0 Å². The lowest BCUT2D eigenvalue weighted by atomic mass is 9.87. The smallest absolute Gasteiger partial charge is 0.00928 e. The fourth-order valence-corrected chi connectivity index (χ4v) is 7.19. The van der Waals surface area contributed by atoms with E-state index in [1.54, 1.807) is 0 Å². The van der Waals surface area contributed by atoms with E-state index in [0.717, 1.165) is 0 Å². The molecule has 0 saturated heterocycles. The molecule has 0 fully saturated rings. The van der Waals surface area contributed by atoms with Crippen LogP contribution in [0, 0.1) is 0 Å². The van der Waals surface area contributed by atoms with Crippen LogP contribution in [0.4, 0.5) is 0 Å². The Hall–Kier alpha value is -6.24. The van der Waals surface area contributed by atoms with E-state index >= 15 is 0 Å². The Morgan fingerprint density at radius 2 is 0.604 bits per heavy atom. The monoisotopic (exact) mass is 608 g/mol. The summed E-state index contributed by atoms with van der Waals surface area (Å²) < 4.78 is 0. The third kappa shape index (κ3) is 5.05. The van der Waals surface area contributed by atoms with Gasteiger partial charge in [0.05, 0.1) is 0 Å². The van der Waals surface area contributed by atoms with Gasteiger partial charge in [0.25, 0.3) is 0 Å². The molecule has 0 aliphatic carbocycles. The van der Waals surface area contributed by atoms with Crippen molar-refractivity contribution in [2.45, 2.75) is 0 Å². The molecule has 0 aromatic heterocycles. The molecule has 0 bridgehead atoms. The SMILES string of the molecule is c1ccc(-c2ccc(-c3ccc4c(c3)cc(-c3ccccc3)c3cc(-c5cc6ccccc6cc5-c5ccccc5)ccc34)cc2)cc1. The van der Waals surface area contributed by atoms with E-state index in [1.165, 1.54) is 88.0 Å². The van der Waals surface area contributed by atoms with E-state index in [2.05, 4.69) is 194 Å². The third-order valence-electron chi connectivity index (χ3n) is 9.64. The predicted molar refractivity (Wildman–Crippen MR) is 206 cm³/mol. The molecule has 0 heterocycles. The summed E-state index contributed by atoms with van der Waals surface area (Å²) in [6, 6.07) is 70.8. The second-order valence-electron chi connectivity index (χ2n) is 12.5. The average Bonchev–Trinajstić information content (AvgIpc) is 3.17. The van der Waals surface area contributed by atoms with E-state index in [0.29, 0.717) is 0 Å². The highest BCUT2D eigenvalue weighted by Crippen LogP contribution is 2.41. The van der Waals surface area contributed by atoms with Gasteiger partial charge in [-0.3, -0.25) is 0 Å². The first kappa shape index (κ1) is 28.0. The van der Waals surface area contributed by atoms with E-state index < -0.39 is 0 Å².